The number of aryl methyl sites for hydroxylation is 1. The average molecular weight is 244 g/mol. The van der Waals surface area contributed by atoms with E-state index >= 15 is 0 Å². The monoisotopic (exact) mass is 244 g/mol. The normalized spacial score (nSPS) is 11.7. The molecule has 0 aliphatic carbocycles. The van der Waals surface area contributed by atoms with E-state index in [0.29, 0.717) is 0 Å². The van der Waals surface area contributed by atoms with Gasteiger partial charge in [0.15, 0.2) is 0 Å². The van der Waals surface area contributed by atoms with Gasteiger partial charge in [-0.1, -0.05) is 18.2 Å². The summed E-state index contributed by atoms with van der Waals surface area (Å²) in [5, 5.41) is 4.24. The zero-order valence-electron chi connectivity index (χ0n) is 11.2. The molecule has 0 bridgehead atoms. The van der Waals surface area contributed by atoms with Crippen LogP contribution in [0.2, 0.25) is 0 Å². The Morgan fingerprint density at radius 1 is 1.28 bits per heavy atom. The van der Waals surface area contributed by atoms with E-state index in [9.17, 15) is 4.79 Å². The highest BCUT2D eigenvalue weighted by molar-refractivity contribution is 5.79. The first-order chi connectivity index (χ1) is 8.48. The molecule has 3 nitrogen and oxygen atoms in total. The molecule has 0 saturated carbocycles. The Kier molecular flexibility index (Phi) is 3.41. The molecule has 0 radical (unpaired) electrons. The topological polar surface area (TPSA) is 34.0 Å². The Morgan fingerprint density at radius 2 is 2.00 bits per heavy atom. The number of hydrogen-bond acceptors (Lipinski definition) is 1. The molecule has 2 rings (SSSR count). The Hall–Kier alpha value is -1.77. The fourth-order valence-corrected chi connectivity index (χ4v) is 2.27. The molecular weight excluding hydrogens is 224 g/mol. The summed E-state index contributed by atoms with van der Waals surface area (Å²) in [4.78, 5) is 11.1. The van der Waals surface area contributed by atoms with Crippen molar-refractivity contribution < 1.29 is 4.79 Å². The van der Waals surface area contributed by atoms with Crippen molar-refractivity contribution in [3.05, 3.63) is 36.5 Å². The van der Waals surface area contributed by atoms with Crippen LogP contribution in [0.25, 0.3) is 10.9 Å². The standard InChI is InChI=1S/C15H20N2O/c1-12(18)16-15(2,3)9-11-17-10-8-13-6-4-5-7-14(13)17/h4-8,10H,9,11H2,1-3H3,(H,16,18). The molecule has 1 heterocycles. The predicted molar refractivity (Wildman–Crippen MR) is 74.5 cm³/mol. The van der Waals surface area contributed by atoms with Gasteiger partial charge >= 0.3 is 0 Å². The molecule has 1 amide bonds. The first kappa shape index (κ1) is 12.7. The number of benzene rings is 1. The highest BCUT2D eigenvalue weighted by Gasteiger charge is 2.18. The van der Waals surface area contributed by atoms with Crippen LogP contribution in [0.5, 0.6) is 0 Å². The van der Waals surface area contributed by atoms with Crippen LogP contribution in [-0.2, 0) is 11.3 Å². The van der Waals surface area contributed by atoms with Gasteiger partial charge in [-0.3, -0.25) is 4.79 Å². The van der Waals surface area contributed by atoms with Crippen LogP contribution in [0.4, 0.5) is 0 Å². The lowest BCUT2D eigenvalue weighted by atomic mass is 10.0. The molecule has 0 spiro atoms. The molecule has 2 aromatic rings. The minimum Gasteiger partial charge on any atom is -0.351 e. The van der Waals surface area contributed by atoms with Crippen LogP contribution in [0.15, 0.2) is 36.5 Å². The van der Waals surface area contributed by atoms with Crippen molar-refractivity contribution in [2.24, 2.45) is 0 Å². The van der Waals surface area contributed by atoms with Crippen molar-refractivity contribution in [2.75, 3.05) is 0 Å². The molecule has 1 aromatic carbocycles. The summed E-state index contributed by atoms with van der Waals surface area (Å²) in [6.07, 6.45) is 3.01. The van der Waals surface area contributed by atoms with Gasteiger partial charge in [-0.25, -0.2) is 0 Å². The molecule has 0 fully saturated rings. The van der Waals surface area contributed by atoms with Gasteiger partial charge < -0.3 is 9.88 Å². The molecule has 1 aromatic heterocycles. The third-order valence-corrected chi connectivity index (χ3v) is 3.17. The molecular formula is C15H20N2O. The zero-order chi connectivity index (χ0) is 13.2. The van der Waals surface area contributed by atoms with E-state index in [2.05, 4.69) is 54.2 Å². The first-order valence-electron chi connectivity index (χ1n) is 6.31. The number of amides is 1. The molecule has 1 N–H and O–H groups in total. The largest absolute Gasteiger partial charge is 0.351 e. The van der Waals surface area contributed by atoms with Crippen LogP contribution in [-0.4, -0.2) is 16.0 Å². The van der Waals surface area contributed by atoms with Crippen molar-refractivity contribution >= 4 is 16.8 Å². The lowest BCUT2D eigenvalue weighted by Gasteiger charge is -2.26. The second-order valence-electron chi connectivity index (χ2n) is 5.38. The summed E-state index contributed by atoms with van der Waals surface area (Å²) in [5.74, 6) is 0.0253. The van der Waals surface area contributed by atoms with Gasteiger partial charge in [0, 0.05) is 30.7 Å². The molecule has 0 unspecified atom stereocenters. The third kappa shape index (κ3) is 2.92. The Bertz CT molecular complexity index is 554. The minimum absolute atomic E-state index is 0.0253. The van der Waals surface area contributed by atoms with Crippen LogP contribution < -0.4 is 5.32 Å². The number of carbonyl (C=O) groups is 1. The molecule has 0 aliphatic heterocycles. The zero-order valence-corrected chi connectivity index (χ0v) is 11.2. The van der Waals surface area contributed by atoms with Crippen molar-refractivity contribution in [1.29, 1.82) is 0 Å². The van der Waals surface area contributed by atoms with Gasteiger partial charge in [0.25, 0.3) is 0 Å². The Labute approximate surface area is 108 Å². The van der Waals surface area contributed by atoms with E-state index in [4.69, 9.17) is 0 Å². The third-order valence-electron chi connectivity index (χ3n) is 3.17. The highest BCUT2D eigenvalue weighted by atomic mass is 16.1. The maximum atomic E-state index is 11.1. The van der Waals surface area contributed by atoms with E-state index in [0.717, 1.165) is 13.0 Å². The van der Waals surface area contributed by atoms with Crippen molar-refractivity contribution in [3.63, 3.8) is 0 Å². The van der Waals surface area contributed by atoms with Crippen LogP contribution in [0, 0.1) is 0 Å². The summed E-state index contributed by atoms with van der Waals surface area (Å²) >= 11 is 0. The van der Waals surface area contributed by atoms with E-state index in [-0.39, 0.29) is 11.4 Å². The molecule has 0 saturated heterocycles. The molecule has 0 atom stereocenters. The molecule has 0 aliphatic rings. The van der Waals surface area contributed by atoms with Crippen LogP contribution >= 0.6 is 0 Å². The Morgan fingerprint density at radius 3 is 2.72 bits per heavy atom. The fraction of sp³-hybridized carbons (Fsp3) is 0.400. The summed E-state index contributed by atoms with van der Waals surface area (Å²) in [6, 6.07) is 10.5. The summed E-state index contributed by atoms with van der Waals surface area (Å²) in [6.45, 7) is 6.58. The first-order valence-corrected chi connectivity index (χ1v) is 6.31. The van der Waals surface area contributed by atoms with Gasteiger partial charge in [-0.15, -0.1) is 0 Å². The van der Waals surface area contributed by atoms with Gasteiger partial charge in [0.05, 0.1) is 0 Å². The van der Waals surface area contributed by atoms with Crippen molar-refractivity contribution in [2.45, 2.75) is 39.3 Å². The van der Waals surface area contributed by atoms with Crippen LogP contribution in [0.3, 0.4) is 0 Å². The second kappa shape index (κ2) is 4.84. The van der Waals surface area contributed by atoms with E-state index in [1.54, 1.807) is 6.92 Å². The van der Waals surface area contributed by atoms with Gasteiger partial charge in [-0.05, 0) is 37.8 Å². The lowest BCUT2D eigenvalue weighted by Crippen LogP contribution is -2.42. The predicted octanol–water partition coefficient (Wildman–Crippen LogP) is 2.95. The number of para-hydroxylation sites is 1. The summed E-state index contributed by atoms with van der Waals surface area (Å²) < 4.78 is 2.24. The van der Waals surface area contributed by atoms with E-state index in [1.807, 2.05) is 6.07 Å². The SMILES string of the molecule is CC(=O)NC(C)(C)CCn1ccc2ccccc21. The molecule has 3 heteroatoms. The fourth-order valence-electron chi connectivity index (χ4n) is 2.27. The highest BCUT2D eigenvalue weighted by Crippen LogP contribution is 2.17. The van der Waals surface area contributed by atoms with Crippen molar-refractivity contribution in [1.82, 2.24) is 9.88 Å². The van der Waals surface area contributed by atoms with Gasteiger partial charge in [0.1, 0.15) is 0 Å². The van der Waals surface area contributed by atoms with E-state index in [1.165, 1.54) is 10.9 Å². The number of aromatic nitrogens is 1. The summed E-state index contributed by atoms with van der Waals surface area (Å²) in [7, 11) is 0. The number of carbonyl (C=O) groups excluding carboxylic acids is 1. The van der Waals surface area contributed by atoms with Crippen LogP contribution in [0.1, 0.15) is 27.2 Å². The Balaban J connectivity index is 2.08. The van der Waals surface area contributed by atoms with Gasteiger partial charge in [0.2, 0.25) is 5.91 Å². The number of hydrogen-bond donors (Lipinski definition) is 1. The number of nitrogens with one attached hydrogen (secondary N) is 1. The second-order valence-corrected chi connectivity index (χ2v) is 5.38. The van der Waals surface area contributed by atoms with E-state index < -0.39 is 0 Å². The number of nitrogens with zero attached hydrogens (tertiary/aromatic N) is 1. The maximum Gasteiger partial charge on any atom is 0.217 e. The van der Waals surface area contributed by atoms with Gasteiger partial charge in [-0.2, -0.15) is 0 Å². The summed E-state index contributed by atoms with van der Waals surface area (Å²) in [5.41, 5.74) is 1.08. The maximum absolute atomic E-state index is 11.1. The lowest BCUT2D eigenvalue weighted by molar-refractivity contribution is -0.120. The number of fused-ring (bicyclic) bond motifs is 1. The molecule has 96 valence electrons. The molecule has 18 heavy (non-hydrogen) atoms. The smallest absolute Gasteiger partial charge is 0.217 e. The minimum atomic E-state index is -0.169. The quantitative estimate of drug-likeness (QED) is 0.881. The average Bonchev–Trinajstić information content (AvgIpc) is 2.68. The van der Waals surface area contributed by atoms with Crippen molar-refractivity contribution in [3.8, 4) is 0 Å². The number of rotatable bonds is 4.